The topological polar surface area (TPSA) is 108 Å². The van der Waals surface area contributed by atoms with Crippen LogP contribution in [0.5, 0.6) is 0 Å². The number of aliphatic hydroxyl groups is 2. The lowest BCUT2D eigenvalue weighted by Crippen LogP contribution is -2.56. The Morgan fingerprint density at radius 3 is 2.81 bits per heavy atom. The van der Waals surface area contributed by atoms with Gasteiger partial charge in [-0.1, -0.05) is 11.2 Å². The molecule has 0 bridgehead atoms. The Morgan fingerprint density at radius 2 is 2.25 bits per heavy atom. The lowest BCUT2D eigenvalue weighted by Gasteiger charge is -2.39. The fourth-order valence-electron chi connectivity index (χ4n) is 1.54. The maximum absolute atomic E-state index is 9.71. The first kappa shape index (κ1) is 13.0. The quantitative estimate of drug-likeness (QED) is 0.313. The van der Waals surface area contributed by atoms with Gasteiger partial charge in [-0.15, -0.1) is 6.58 Å². The zero-order valence-corrected chi connectivity index (χ0v) is 8.93. The first-order valence-electron chi connectivity index (χ1n) is 4.90. The molecular weight excluding hydrogens is 214 g/mol. The number of ether oxygens (including phenoxy) is 2. The smallest absolute Gasteiger partial charge is 0.186 e. The van der Waals surface area contributed by atoms with E-state index >= 15 is 0 Å². The highest BCUT2D eigenvalue weighted by Gasteiger charge is 2.42. The molecule has 2 N–H and O–H groups in total. The van der Waals surface area contributed by atoms with Crippen molar-refractivity contribution in [2.75, 3.05) is 6.61 Å². The molecule has 90 valence electrons. The van der Waals surface area contributed by atoms with Crippen molar-refractivity contribution in [2.24, 2.45) is 5.11 Å². The van der Waals surface area contributed by atoms with E-state index in [0.29, 0.717) is 0 Å². The molecule has 1 aliphatic rings. The SMILES string of the molecule is C=CCO[C@H]1O[C@H](C)[C@@H](N=[N+]=[N-])[C@H](O)[C@@H]1O. The first-order chi connectivity index (χ1) is 7.61. The minimum atomic E-state index is -1.24. The van der Waals surface area contributed by atoms with Gasteiger partial charge < -0.3 is 19.7 Å². The Hall–Kier alpha value is -1.11. The van der Waals surface area contributed by atoms with Crippen LogP contribution in [0.25, 0.3) is 10.4 Å². The van der Waals surface area contributed by atoms with Crippen LogP contribution in [-0.4, -0.2) is 47.5 Å². The van der Waals surface area contributed by atoms with E-state index in [4.69, 9.17) is 15.0 Å². The van der Waals surface area contributed by atoms with Crippen molar-refractivity contribution in [3.8, 4) is 0 Å². The lowest BCUT2D eigenvalue weighted by molar-refractivity contribution is -0.265. The normalized spacial score (nSPS) is 38.8. The summed E-state index contributed by atoms with van der Waals surface area (Å²) in [6.45, 7) is 5.30. The van der Waals surface area contributed by atoms with E-state index in [1.807, 2.05) is 0 Å². The molecule has 1 rings (SSSR count). The van der Waals surface area contributed by atoms with E-state index in [-0.39, 0.29) is 6.61 Å². The second-order valence-electron chi connectivity index (χ2n) is 3.51. The molecule has 7 heteroatoms. The summed E-state index contributed by atoms with van der Waals surface area (Å²) in [5.74, 6) is 0. The van der Waals surface area contributed by atoms with Crippen molar-refractivity contribution >= 4 is 0 Å². The van der Waals surface area contributed by atoms with E-state index in [9.17, 15) is 10.2 Å². The number of azide groups is 1. The molecule has 1 heterocycles. The Kier molecular flexibility index (Phi) is 4.72. The maximum atomic E-state index is 9.71. The van der Waals surface area contributed by atoms with Gasteiger partial charge in [-0.25, -0.2) is 0 Å². The van der Waals surface area contributed by atoms with Gasteiger partial charge in [-0.2, -0.15) is 0 Å². The summed E-state index contributed by atoms with van der Waals surface area (Å²) in [4.78, 5) is 2.60. The molecule has 0 spiro atoms. The van der Waals surface area contributed by atoms with Crippen molar-refractivity contribution in [3.63, 3.8) is 0 Å². The van der Waals surface area contributed by atoms with E-state index in [1.54, 1.807) is 6.92 Å². The van der Waals surface area contributed by atoms with Gasteiger partial charge in [-0.3, -0.25) is 0 Å². The van der Waals surface area contributed by atoms with Crippen LogP contribution in [0.2, 0.25) is 0 Å². The van der Waals surface area contributed by atoms with Gasteiger partial charge in [0, 0.05) is 4.91 Å². The molecule has 16 heavy (non-hydrogen) atoms. The van der Waals surface area contributed by atoms with Crippen LogP contribution in [-0.2, 0) is 9.47 Å². The van der Waals surface area contributed by atoms with Gasteiger partial charge in [0.25, 0.3) is 0 Å². The van der Waals surface area contributed by atoms with Crippen LogP contribution < -0.4 is 0 Å². The fourth-order valence-corrected chi connectivity index (χ4v) is 1.54. The van der Waals surface area contributed by atoms with Gasteiger partial charge in [0.2, 0.25) is 0 Å². The average molecular weight is 229 g/mol. The summed E-state index contributed by atoms with van der Waals surface area (Å²) in [7, 11) is 0. The van der Waals surface area contributed by atoms with E-state index in [0.717, 1.165) is 0 Å². The predicted molar refractivity (Wildman–Crippen MR) is 55.4 cm³/mol. The van der Waals surface area contributed by atoms with Crippen molar-refractivity contribution in [2.45, 2.75) is 37.6 Å². The van der Waals surface area contributed by atoms with E-state index in [1.165, 1.54) is 6.08 Å². The molecule has 0 amide bonds. The summed E-state index contributed by atoms with van der Waals surface area (Å²) in [6.07, 6.45) is -2.40. The van der Waals surface area contributed by atoms with Gasteiger partial charge in [0.15, 0.2) is 6.29 Å². The van der Waals surface area contributed by atoms with Crippen LogP contribution in [0.15, 0.2) is 17.8 Å². The maximum Gasteiger partial charge on any atom is 0.186 e. The molecule has 1 fully saturated rings. The molecule has 0 unspecified atom stereocenters. The van der Waals surface area contributed by atoms with Crippen LogP contribution in [0.4, 0.5) is 0 Å². The van der Waals surface area contributed by atoms with E-state index < -0.39 is 30.6 Å². The third-order valence-electron chi connectivity index (χ3n) is 2.37. The number of nitrogens with zero attached hydrogens (tertiary/aromatic N) is 3. The van der Waals surface area contributed by atoms with E-state index in [2.05, 4.69) is 16.6 Å². The minimum absolute atomic E-state index is 0.202. The number of hydrogen-bond donors (Lipinski definition) is 2. The Balaban J connectivity index is 2.70. The predicted octanol–water partition coefficient (Wildman–Crippen LogP) is 0.334. The largest absolute Gasteiger partial charge is 0.390 e. The number of aliphatic hydroxyl groups excluding tert-OH is 2. The molecular formula is C9H15N3O4. The highest BCUT2D eigenvalue weighted by atomic mass is 16.7. The molecule has 0 saturated carbocycles. The van der Waals surface area contributed by atoms with Gasteiger partial charge in [0.1, 0.15) is 6.10 Å². The van der Waals surface area contributed by atoms with Crippen LogP contribution in [0.3, 0.4) is 0 Å². The second-order valence-corrected chi connectivity index (χ2v) is 3.51. The van der Waals surface area contributed by atoms with Crippen molar-refractivity contribution in [1.29, 1.82) is 0 Å². The zero-order valence-electron chi connectivity index (χ0n) is 8.93. The summed E-state index contributed by atoms with van der Waals surface area (Å²) in [5.41, 5.74) is 8.31. The van der Waals surface area contributed by atoms with Crippen molar-refractivity contribution < 1.29 is 19.7 Å². The third-order valence-corrected chi connectivity index (χ3v) is 2.37. The zero-order chi connectivity index (χ0) is 12.1. The molecule has 7 nitrogen and oxygen atoms in total. The van der Waals surface area contributed by atoms with Crippen LogP contribution >= 0.6 is 0 Å². The lowest BCUT2D eigenvalue weighted by atomic mass is 9.98. The summed E-state index contributed by atoms with van der Waals surface area (Å²) in [5, 5.41) is 22.7. The molecule has 0 aliphatic carbocycles. The minimum Gasteiger partial charge on any atom is -0.390 e. The van der Waals surface area contributed by atoms with Crippen molar-refractivity contribution in [1.82, 2.24) is 0 Å². The number of hydrogen-bond acceptors (Lipinski definition) is 5. The molecule has 5 atom stereocenters. The van der Waals surface area contributed by atoms with Gasteiger partial charge in [0.05, 0.1) is 24.9 Å². The Labute approximate surface area is 92.9 Å². The monoisotopic (exact) mass is 229 g/mol. The standard InChI is InChI=1S/C9H15N3O4/c1-3-4-15-9-8(14)7(13)6(11-12-10)5(2)16-9/h3,5-9,13-14H,1,4H2,2H3/t5-,6-,7+,8+,9+/m1/s1. The van der Waals surface area contributed by atoms with Crippen LogP contribution in [0.1, 0.15) is 6.92 Å². The Bertz CT molecular complexity index is 292. The molecule has 0 aromatic rings. The van der Waals surface area contributed by atoms with Gasteiger partial charge >= 0.3 is 0 Å². The molecule has 1 saturated heterocycles. The highest BCUT2D eigenvalue weighted by Crippen LogP contribution is 2.24. The summed E-state index contributed by atoms with van der Waals surface area (Å²) < 4.78 is 10.4. The Morgan fingerprint density at radius 1 is 1.56 bits per heavy atom. The fraction of sp³-hybridized carbons (Fsp3) is 0.778. The highest BCUT2D eigenvalue weighted by molar-refractivity contribution is 4.92. The van der Waals surface area contributed by atoms with Gasteiger partial charge in [-0.05, 0) is 12.5 Å². The second kappa shape index (κ2) is 5.83. The first-order valence-corrected chi connectivity index (χ1v) is 4.90. The average Bonchev–Trinajstić information content (AvgIpc) is 2.27. The molecule has 0 aromatic carbocycles. The molecule has 1 aliphatic heterocycles. The third kappa shape index (κ3) is 2.72. The summed E-state index contributed by atoms with van der Waals surface area (Å²) in [6, 6.07) is -0.816. The number of rotatable bonds is 4. The molecule has 0 aromatic heterocycles. The van der Waals surface area contributed by atoms with Crippen molar-refractivity contribution in [3.05, 3.63) is 23.1 Å². The molecule has 0 radical (unpaired) electrons. The van der Waals surface area contributed by atoms with Crippen LogP contribution in [0, 0.1) is 0 Å². The summed E-state index contributed by atoms with van der Waals surface area (Å²) >= 11 is 0.